The summed E-state index contributed by atoms with van der Waals surface area (Å²) >= 11 is 0. The first-order valence-corrected chi connectivity index (χ1v) is 6.07. The standard InChI is InChI=1S/C14H11N3O5/c18-11-5-10(6-12(19)7-11)14(20)16-15-8-9-3-1-2-4-13(9)17(21)22/h1-8,18-19H,(H,16,20)/b15-8-. The lowest BCUT2D eigenvalue weighted by Crippen LogP contribution is -2.17. The second-order valence-electron chi connectivity index (χ2n) is 4.25. The largest absolute Gasteiger partial charge is 0.508 e. The molecule has 0 aliphatic rings. The zero-order valence-electron chi connectivity index (χ0n) is 11.1. The van der Waals surface area contributed by atoms with Crippen LogP contribution in [0.5, 0.6) is 11.5 Å². The molecule has 0 saturated carbocycles. The zero-order chi connectivity index (χ0) is 16.1. The predicted molar refractivity (Wildman–Crippen MR) is 77.9 cm³/mol. The van der Waals surface area contributed by atoms with E-state index < -0.39 is 10.8 Å². The van der Waals surface area contributed by atoms with Gasteiger partial charge in [-0.15, -0.1) is 0 Å². The molecule has 1 amide bonds. The average Bonchev–Trinajstić information content (AvgIpc) is 2.46. The molecule has 0 saturated heterocycles. The first kappa shape index (κ1) is 15.0. The summed E-state index contributed by atoms with van der Waals surface area (Å²) in [6, 6.07) is 9.29. The number of benzene rings is 2. The smallest absolute Gasteiger partial charge is 0.278 e. The number of nitro groups is 1. The van der Waals surface area contributed by atoms with Gasteiger partial charge in [-0.2, -0.15) is 5.10 Å². The van der Waals surface area contributed by atoms with Crippen LogP contribution in [0.2, 0.25) is 0 Å². The van der Waals surface area contributed by atoms with Crippen molar-refractivity contribution in [2.24, 2.45) is 5.10 Å². The third-order valence-corrected chi connectivity index (χ3v) is 2.67. The van der Waals surface area contributed by atoms with Crippen LogP contribution in [-0.4, -0.2) is 27.3 Å². The van der Waals surface area contributed by atoms with E-state index in [2.05, 4.69) is 10.5 Å². The maximum absolute atomic E-state index is 11.8. The third-order valence-electron chi connectivity index (χ3n) is 2.67. The van der Waals surface area contributed by atoms with Gasteiger partial charge in [0.25, 0.3) is 11.6 Å². The van der Waals surface area contributed by atoms with Gasteiger partial charge in [0.15, 0.2) is 0 Å². The molecular weight excluding hydrogens is 290 g/mol. The van der Waals surface area contributed by atoms with E-state index in [1.54, 1.807) is 6.07 Å². The number of para-hydroxylation sites is 1. The summed E-state index contributed by atoms with van der Waals surface area (Å²) in [5.74, 6) is -1.22. The molecule has 0 aliphatic heterocycles. The summed E-state index contributed by atoms with van der Waals surface area (Å²) in [7, 11) is 0. The number of nitrogens with zero attached hydrogens (tertiary/aromatic N) is 2. The summed E-state index contributed by atoms with van der Waals surface area (Å²) in [6.07, 6.45) is 1.14. The molecule has 2 aromatic carbocycles. The highest BCUT2D eigenvalue weighted by Gasteiger charge is 2.11. The maximum Gasteiger partial charge on any atom is 0.278 e. The van der Waals surface area contributed by atoms with Crippen molar-refractivity contribution in [1.82, 2.24) is 5.43 Å². The molecule has 0 radical (unpaired) electrons. The van der Waals surface area contributed by atoms with Crippen LogP contribution in [0, 0.1) is 10.1 Å². The first-order valence-electron chi connectivity index (χ1n) is 6.07. The number of rotatable bonds is 4. The van der Waals surface area contributed by atoms with Crippen LogP contribution in [-0.2, 0) is 0 Å². The molecule has 2 rings (SSSR count). The lowest BCUT2D eigenvalue weighted by atomic mass is 10.2. The molecule has 0 unspecified atom stereocenters. The van der Waals surface area contributed by atoms with Crippen LogP contribution in [0.4, 0.5) is 5.69 Å². The Morgan fingerprint density at radius 3 is 2.45 bits per heavy atom. The van der Waals surface area contributed by atoms with E-state index in [-0.39, 0.29) is 28.3 Å². The SMILES string of the molecule is O=C(N/N=C\c1ccccc1[N+](=O)[O-])c1cc(O)cc(O)c1. The average molecular weight is 301 g/mol. The lowest BCUT2D eigenvalue weighted by molar-refractivity contribution is -0.385. The van der Waals surface area contributed by atoms with E-state index in [0.29, 0.717) is 0 Å². The Labute approximate surface area is 124 Å². The molecule has 0 fully saturated rings. The van der Waals surface area contributed by atoms with Crippen LogP contribution < -0.4 is 5.43 Å². The first-order chi connectivity index (χ1) is 10.5. The number of hydrogen-bond donors (Lipinski definition) is 3. The maximum atomic E-state index is 11.8. The molecule has 8 heteroatoms. The van der Waals surface area contributed by atoms with E-state index in [1.807, 2.05) is 0 Å². The van der Waals surface area contributed by atoms with Crippen molar-refractivity contribution in [3.63, 3.8) is 0 Å². The number of hydrazone groups is 1. The van der Waals surface area contributed by atoms with E-state index in [1.165, 1.54) is 18.2 Å². The zero-order valence-corrected chi connectivity index (χ0v) is 11.1. The van der Waals surface area contributed by atoms with Gasteiger partial charge in [0.1, 0.15) is 11.5 Å². The Hall–Kier alpha value is -3.42. The fraction of sp³-hybridized carbons (Fsp3) is 0. The van der Waals surface area contributed by atoms with Crippen molar-refractivity contribution in [3.05, 3.63) is 63.7 Å². The van der Waals surface area contributed by atoms with Crippen molar-refractivity contribution < 1.29 is 19.9 Å². The minimum Gasteiger partial charge on any atom is -0.508 e. The highest BCUT2D eigenvalue weighted by atomic mass is 16.6. The second kappa shape index (κ2) is 6.35. The summed E-state index contributed by atoms with van der Waals surface area (Å²) in [5.41, 5.74) is 2.24. The molecule has 0 heterocycles. The number of aromatic hydroxyl groups is 2. The van der Waals surface area contributed by atoms with Crippen molar-refractivity contribution in [2.75, 3.05) is 0 Å². The van der Waals surface area contributed by atoms with Gasteiger partial charge in [-0.3, -0.25) is 14.9 Å². The third kappa shape index (κ3) is 3.57. The molecular formula is C14H11N3O5. The number of hydrogen-bond acceptors (Lipinski definition) is 6. The van der Waals surface area contributed by atoms with Crippen molar-refractivity contribution >= 4 is 17.8 Å². The number of nitro benzene ring substituents is 1. The molecule has 22 heavy (non-hydrogen) atoms. The van der Waals surface area contributed by atoms with Crippen LogP contribution in [0.25, 0.3) is 0 Å². The summed E-state index contributed by atoms with van der Waals surface area (Å²) in [6.45, 7) is 0. The van der Waals surface area contributed by atoms with Crippen LogP contribution in [0.3, 0.4) is 0 Å². The van der Waals surface area contributed by atoms with Crippen molar-refractivity contribution in [2.45, 2.75) is 0 Å². The normalized spacial score (nSPS) is 10.5. The van der Waals surface area contributed by atoms with Gasteiger partial charge in [-0.1, -0.05) is 12.1 Å². The molecule has 3 N–H and O–H groups in total. The summed E-state index contributed by atoms with van der Waals surface area (Å²) < 4.78 is 0. The number of phenols is 2. The van der Waals surface area contributed by atoms with E-state index in [9.17, 15) is 25.1 Å². The fourth-order valence-electron chi connectivity index (χ4n) is 1.71. The molecule has 112 valence electrons. The Kier molecular flexibility index (Phi) is 4.33. The Bertz CT molecular complexity index is 738. The number of carbonyl (C=O) groups excluding carboxylic acids is 1. The van der Waals surface area contributed by atoms with Gasteiger partial charge < -0.3 is 10.2 Å². The van der Waals surface area contributed by atoms with Crippen LogP contribution in [0.1, 0.15) is 15.9 Å². The lowest BCUT2D eigenvalue weighted by Gasteiger charge is -2.02. The molecule has 0 aliphatic carbocycles. The van der Waals surface area contributed by atoms with E-state index >= 15 is 0 Å². The quantitative estimate of drug-likeness (QED) is 0.451. The predicted octanol–water partition coefficient (Wildman–Crippen LogP) is 1.77. The highest BCUT2D eigenvalue weighted by molar-refractivity contribution is 5.96. The van der Waals surface area contributed by atoms with Crippen molar-refractivity contribution in [3.8, 4) is 11.5 Å². The Morgan fingerprint density at radius 1 is 1.18 bits per heavy atom. The van der Waals surface area contributed by atoms with E-state index in [4.69, 9.17) is 0 Å². The van der Waals surface area contributed by atoms with Gasteiger partial charge >= 0.3 is 0 Å². The minimum absolute atomic E-state index is 0.00258. The van der Waals surface area contributed by atoms with E-state index in [0.717, 1.165) is 24.4 Å². The minimum atomic E-state index is -0.680. The van der Waals surface area contributed by atoms with Crippen LogP contribution >= 0.6 is 0 Å². The number of carbonyl (C=O) groups is 1. The second-order valence-corrected chi connectivity index (χ2v) is 4.25. The topological polar surface area (TPSA) is 125 Å². The highest BCUT2D eigenvalue weighted by Crippen LogP contribution is 2.20. The molecule has 2 aromatic rings. The monoisotopic (exact) mass is 301 g/mol. The summed E-state index contributed by atoms with van der Waals surface area (Å²) in [5, 5.41) is 33.0. The molecule has 8 nitrogen and oxygen atoms in total. The number of amides is 1. The molecule has 0 atom stereocenters. The van der Waals surface area contributed by atoms with Crippen molar-refractivity contribution in [1.29, 1.82) is 0 Å². The summed E-state index contributed by atoms with van der Waals surface area (Å²) in [4.78, 5) is 22.0. The number of nitrogens with one attached hydrogen (secondary N) is 1. The van der Waals surface area contributed by atoms with Gasteiger partial charge in [0, 0.05) is 17.7 Å². The van der Waals surface area contributed by atoms with Gasteiger partial charge in [0.2, 0.25) is 0 Å². The Morgan fingerprint density at radius 2 is 1.82 bits per heavy atom. The Balaban J connectivity index is 2.12. The molecule has 0 aromatic heterocycles. The molecule has 0 spiro atoms. The molecule has 0 bridgehead atoms. The van der Waals surface area contributed by atoms with Gasteiger partial charge in [-0.25, -0.2) is 5.43 Å². The number of phenolic OH excluding ortho intramolecular Hbond substituents is 2. The van der Waals surface area contributed by atoms with Gasteiger partial charge in [0.05, 0.1) is 16.7 Å². The van der Waals surface area contributed by atoms with Crippen LogP contribution in [0.15, 0.2) is 47.6 Å². The van der Waals surface area contributed by atoms with Gasteiger partial charge in [-0.05, 0) is 18.2 Å². The fourth-order valence-corrected chi connectivity index (χ4v) is 1.71.